The molecule has 156 valence electrons. The summed E-state index contributed by atoms with van der Waals surface area (Å²) in [7, 11) is 0. The van der Waals surface area contributed by atoms with Crippen LogP contribution in [0.2, 0.25) is 0 Å². The molecular weight excluding hydrogens is 374 g/mol. The lowest BCUT2D eigenvalue weighted by Crippen LogP contribution is -2.25. The van der Waals surface area contributed by atoms with Crippen molar-refractivity contribution in [2.45, 2.75) is 39.2 Å². The zero-order valence-corrected chi connectivity index (χ0v) is 17.8. The molecule has 1 amide bonds. The number of hydrogen-bond donors (Lipinski definition) is 0. The fourth-order valence-corrected chi connectivity index (χ4v) is 4.13. The monoisotopic (exact) mass is 403 g/mol. The molecule has 0 bridgehead atoms. The van der Waals surface area contributed by atoms with Crippen molar-refractivity contribution in [1.82, 2.24) is 14.5 Å². The molecule has 3 aromatic rings. The highest BCUT2D eigenvalue weighted by molar-refractivity contribution is 5.81. The first-order valence-electron chi connectivity index (χ1n) is 10.6. The smallest absolute Gasteiger partial charge is 0.223 e. The summed E-state index contributed by atoms with van der Waals surface area (Å²) in [5, 5.41) is 0. The van der Waals surface area contributed by atoms with E-state index in [4.69, 9.17) is 9.72 Å². The fourth-order valence-electron chi connectivity index (χ4n) is 4.13. The van der Waals surface area contributed by atoms with Gasteiger partial charge in [-0.1, -0.05) is 24.3 Å². The van der Waals surface area contributed by atoms with E-state index >= 15 is 0 Å². The van der Waals surface area contributed by atoms with E-state index in [1.807, 2.05) is 29.2 Å². The van der Waals surface area contributed by atoms with Gasteiger partial charge in [0.05, 0.1) is 17.6 Å². The Labute approximate surface area is 178 Å². The molecule has 1 saturated heterocycles. The van der Waals surface area contributed by atoms with Crippen molar-refractivity contribution in [3.63, 3.8) is 0 Å². The van der Waals surface area contributed by atoms with Crippen LogP contribution in [0.15, 0.2) is 55.1 Å². The van der Waals surface area contributed by atoms with E-state index < -0.39 is 0 Å². The van der Waals surface area contributed by atoms with E-state index in [0.717, 1.165) is 35.6 Å². The molecule has 1 atom stereocenters. The molecule has 5 heteroatoms. The zero-order valence-electron chi connectivity index (χ0n) is 17.8. The van der Waals surface area contributed by atoms with Crippen LogP contribution in [0, 0.1) is 13.8 Å². The van der Waals surface area contributed by atoms with Gasteiger partial charge in [0.1, 0.15) is 11.6 Å². The molecule has 2 aromatic carbocycles. The molecule has 1 fully saturated rings. The number of benzene rings is 2. The number of amides is 1. The Bertz CT molecular complexity index is 1070. The van der Waals surface area contributed by atoms with Crippen molar-refractivity contribution in [3.05, 3.63) is 72.1 Å². The molecule has 1 aromatic heterocycles. The number of nitrogens with zero attached hydrogens (tertiary/aromatic N) is 3. The van der Waals surface area contributed by atoms with Gasteiger partial charge >= 0.3 is 0 Å². The summed E-state index contributed by atoms with van der Waals surface area (Å²) in [5.74, 6) is 2.21. The first-order chi connectivity index (χ1) is 14.6. The highest BCUT2D eigenvalue weighted by Crippen LogP contribution is 2.30. The number of ether oxygens (including phenoxy) is 1. The molecule has 30 heavy (non-hydrogen) atoms. The van der Waals surface area contributed by atoms with Crippen molar-refractivity contribution in [2.24, 2.45) is 0 Å². The van der Waals surface area contributed by atoms with Crippen LogP contribution in [0.1, 0.15) is 35.7 Å². The van der Waals surface area contributed by atoms with Crippen molar-refractivity contribution in [1.29, 1.82) is 0 Å². The quantitative estimate of drug-likeness (QED) is 0.407. The minimum absolute atomic E-state index is 0.116. The lowest BCUT2D eigenvalue weighted by molar-refractivity contribution is -0.127. The van der Waals surface area contributed by atoms with E-state index in [1.54, 1.807) is 6.08 Å². The lowest BCUT2D eigenvalue weighted by atomic mass is 10.1. The summed E-state index contributed by atoms with van der Waals surface area (Å²) < 4.78 is 8.25. The van der Waals surface area contributed by atoms with Gasteiger partial charge in [-0.3, -0.25) is 4.79 Å². The van der Waals surface area contributed by atoms with Gasteiger partial charge in [-0.25, -0.2) is 4.98 Å². The number of carbonyl (C=O) groups excluding carboxylic acids is 1. The maximum Gasteiger partial charge on any atom is 0.223 e. The first-order valence-corrected chi connectivity index (χ1v) is 10.6. The fraction of sp³-hybridized carbons (Fsp3) is 0.360. The summed E-state index contributed by atoms with van der Waals surface area (Å²) in [5.41, 5.74) is 4.62. The van der Waals surface area contributed by atoms with Gasteiger partial charge < -0.3 is 14.2 Å². The number of rotatable bonds is 8. The molecule has 0 saturated carbocycles. The van der Waals surface area contributed by atoms with Gasteiger partial charge in [-0.15, -0.1) is 6.58 Å². The van der Waals surface area contributed by atoms with Crippen LogP contribution in [0.3, 0.4) is 0 Å². The molecule has 2 heterocycles. The normalized spacial score (nSPS) is 16.4. The number of imidazole rings is 1. The van der Waals surface area contributed by atoms with Crippen LogP contribution in [0.4, 0.5) is 0 Å². The van der Waals surface area contributed by atoms with Crippen molar-refractivity contribution in [2.75, 3.05) is 19.7 Å². The average Bonchev–Trinajstić information content (AvgIpc) is 3.29. The van der Waals surface area contributed by atoms with Crippen molar-refractivity contribution >= 4 is 16.9 Å². The highest BCUT2D eigenvalue weighted by atomic mass is 16.5. The third kappa shape index (κ3) is 4.11. The minimum Gasteiger partial charge on any atom is -0.494 e. The van der Waals surface area contributed by atoms with Crippen LogP contribution in [-0.4, -0.2) is 40.1 Å². The molecule has 0 aliphatic carbocycles. The topological polar surface area (TPSA) is 47.4 Å². The zero-order chi connectivity index (χ0) is 21.1. The van der Waals surface area contributed by atoms with E-state index in [0.29, 0.717) is 26.1 Å². The maximum absolute atomic E-state index is 12.4. The van der Waals surface area contributed by atoms with E-state index in [1.165, 1.54) is 11.1 Å². The van der Waals surface area contributed by atoms with Crippen LogP contribution < -0.4 is 4.74 Å². The Kier molecular flexibility index (Phi) is 5.88. The summed E-state index contributed by atoms with van der Waals surface area (Å²) in [4.78, 5) is 19.1. The van der Waals surface area contributed by atoms with Crippen LogP contribution >= 0.6 is 0 Å². The van der Waals surface area contributed by atoms with Crippen LogP contribution in [0.5, 0.6) is 5.75 Å². The van der Waals surface area contributed by atoms with E-state index in [9.17, 15) is 4.79 Å². The number of hydrogen-bond acceptors (Lipinski definition) is 3. The second-order valence-electron chi connectivity index (χ2n) is 8.05. The van der Waals surface area contributed by atoms with E-state index in [2.05, 4.69) is 43.2 Å². The standard InChI is InChI=1S/C25H29N3O2/c1-4-12-27-17-20(16-24(27)29)25-26-22-8-5-6-9-23(22)28(25)13-7-14-30-21-11-10-18(2)19(3)15-21/h4-6,8-11,15,20H,1,7,12-14,16-17H2,2-3H3. The second kappa shape index (κ2) is 8.74. The number of aryl methyl sites for hydroxylation is 3. The molecule has 5 nitrogen and oxygen atoms in total. The van der Waals surface area contributed by atoms with Crippen LogP contribution in [0.25, 0.3) is 11.0 Å². The molecule has 4 rings (SSSR count). The Morgan fingerprint density at radius 1 is 1.20 bits per heavy atom. The summed E-state index contributed by atoms with van der Waals surface area (Å²) in [6, 6.07) is 14.4. The number of aromatic nitrogens is 2. The van der Waals surface area contributed by atoms with Crippen LogP contribution in [-0.2, 0) is 11.3 Å². The average molecular weight is 404 g/mol. The number of carbonyl (C=O) groups is 1. The summed E-state index contributed by atoms with van der Waals surface area (Å²) >= 11 is 0. The highest BCUT2D eigenvalue weighted by Gasteiger charge is 2.33. The summed E-state index contributed by atoms with van der Waals surface area (Å²) in [6.07, 6.45) is 3.17. The van der Waals surface area contributed by atoms with Gasteiger partial charge in [0.15, 0.2) is 0 Å². The molecule has 0 N–H and O–H groups in total. The largest absolute Gasteiger partial charge is 0.494 e. The molecule has 1 aliphatic heterocycles. The number of fused-ring (bicyclic) bond motifs is 1. The van der Waals surface area contributed by atoms with Gasteiger partial charge in [-0.05, 0) is 55.7 Å². The molecule has 0 spiro atoms. The third-order valence-corrected chi connectivity index (χ3v) is 5.89. The summed E-state index contributed by atoms with van der Waals surface area (Å²) in [6.45, 7) is 10.7. The Balaban J connectivity index is 1.48. The molecular formula is C25H29N3O2. The van der Waals surface area contributed by atoms with Crippen molar-refractivity contribution in [3.8, 4) is 5.75 Å². The van der Waals surface area contributed by atoms with Gasteiger partial charge in [0.25, 0.3) is 0 Å². The molecule has 1 unspecified atom stereocenters. The lowest BCUT2D eigenvalue weighted by Gasteiger charge is -2.16. The molecule has 0 radical (unpaired) electrons. The maximum atomic E-state index is 12.4. The van der Waals surface area contributed by atoms with Gasteiger partial charge in [0, 0.05) is 32.0 Å². The Morgan fingerprint density at radius 3 is 2.83 bits per heavy atom. The Morgan fingerprint density at radius 2 is 2.03 bits per heavy atom. The van der Waals surface area contributed by atoms with Crippen molar-refractivity contribution < 1.29 is 9.53 Å². The Hall–Kier alpha value is -3.08. The first kappa shape index (κ1) is 20.2. The van der Waals surface area contributed by atoms with Gasteiger partial charge in [0.2, 0.25) is 5.91 Å². The minimum atomic E-state index is 0.116. The number of likely N-dealkylation sites (tertiary alicyclic amines) is 1. The predicted molar refractivity (Wildman–Crippen MR) is 120 cm³/mol. The predicted octanol–water partition coefficient (Wildman–Crippen LogP) is 4.62. The molecule has 1 aliphatic rings. The van der Waals surface area contributed by atoms with Gasteiger partial charge in [-0.2, -0.15) is 0 Å². The van der Waals surface area contributed by atoms with E-state index in [-0.39, 0.29) is 11.8 Å². The third-order valence-electron chi connectivity index (χ3n) is 5.89. The number of para-hydroxylation sites is 2. The second-order valence-corrected chi connectivity index (χ2v) is 8.05. The SMILES string of the molecule is C=CCN1CC(c2nc3ccccc3n2CCCOc2ccc(C)c(C)c2)CC1=O.